The highest BCUT2D eigenvalue weighted by atomic mass is 14.9. The van der Waals surface area contributed by atoms with E-state index in [0.29, 0.717) is 11.3 Å². The summed E-state index contributed by atoms with van der Waals surface area (Å²) in [5, 5.41) is 31.2. The molecule has 0 spiro atoms. The molecule has 1 N–H and O–H groups in total. The molecule has 0 atom stereocenters. The van der Waals surface area contributed by atoms with E-state index < -0.39 is 0 Å². The van der Waals surface area contributed by atoms with Gasteiger partial charge in [0.05, 0.1) is 11.3 Å². The van der Waals surface area contributed by atoms with Crippen molar-refractivity contribution in [2.24, 2.45) is 0 Å². The number of dihydropyridines is 1. The van der Waals surface area contributed by atoms with Gasteiger partial charge in [-0.1, -0.05) is 30.3 Å². The van der Waals surface area contributed by atoms with Crippen molar-refractivity contribution in [1.82, 2.24) is 5.32 Å². The number of nitrogens with one attached hydrogen (secondary N) is 1. The highest BCUT2D eigenvalue weighted by molar-refractivity contribution is 5.79. The maximum Gasteiger partial charge on any atom is 0.154 e. The molecule has 1 saturated carbocycles. The zero-order chi connectivity index (χ0) is 16.2. The Morgan fingerprint density at radius 2 is 1.57 bits per heavy atom. The first-order chi connectivity index (χ1) is 11.3. The van der Waals surface area contributed by atoms with Crippen molar-refractivity contribution < 1.29 is 0 Å². The fraction of sp³-hybridized carbons (Fsp3) is 0.211. The SMILES string of the molecule is N#CC(C#N)=C1NC(c2ccccc2)=C2CCCCC2=C1C#N. The number of fused-ring (bicyclic) bond motifs is 1. The molecule has 1 heterocycles. The number of nitrogens with zero attached hydrogens (tertiary/aromatic N) is 3. The molecule has 0 amide bonds. The van der Waals surface area contributed by atoms with E-state index in [1.807, 2.05) is 42.5 Å². The van der Waals surface area contributed by atoms with Gasteiger partial charge in [0, 0.05) is 5.70 Å². The van der Waals surface area contributed by atoms with Crippen molar-refractivity contribution in [1.29, 1.82) is 15.8 Å². The maximum absolute atomic E-state index is 9.57. The summed E-state index contributed by atoms with van der Waals surface area (Å²) >= 11 is 0. The quantitative estimate of drug-likeness (QED) is 0.801. The van der Waals surface area contributed by atoms with Gasteiger partial charge in [0.25, 0.3) is 0 Å². The lowest BCUT2D eigenvalue weighted by Gasteiger charge is -2.30. The molecule has 1 fully saturated rings. The maximum atomic E-state index is 9.57. The van der Waals surface area contributed by atoms with Crippen molar-refractivity contribution in [3.05, 3.63) is 63.9 Å². The van der Waals surface area contributed by atoms with Crippen LogP contribution in [-0.4, -0.2) is 0 Å². The van der Waals surface area contributed by atoms with Gasteiger partial charge in [-0.05, 0) is 42.4 Å². The van der Waals surface area contributed by atoms with Crippen LogP contribution in [0.3, 0.4) is 0 Å². The summed E-state index contributed by atoms with van der Waals surface area (Å²) in [6.45, 7) is 0. The van der Waals surface area contributed by atoms with Crippen LogP contribution in [0, 0.1) is 34.0 Å². The molecule has 0 aromatic heterocycles. The first-order valence-electron chi connectivity index (χ1n) is 7.54. The third kappa shape index (κ3) is 2.50. The molecule has 110 valence electrons. The monoisotopic (exact) mass is 298 g/mol. The number of rotatable bonds is 1. The molecule has 1 aliphatic heterocycles. The minimum absolute atomic E-state index is 0.0490. The molecule has 1 aliphatic carbocycles. The summed E-state index contributed by atoms with van der Waals surface area (Å²) in [6, 6.07) is 15.8. The van der Waals surface area contributed by atoms with Crippen LogP contribution in [0.25, 0.3) is 5.70 Å². The lowest BCUT2D eigenvalue weighted by atomic mass is 9.80. The van der Waals surface area contributed by atoms with E-state index in [-0.39, 0.29) is 5.57 Å². The largest absolute Gasteiger partial charge is 0.352 e. The molecule has 1 aromatic carbocycles. The predicted octanol–water partition coefficient (Wildman–Crippen LogP) is 3.70. The summed E-state index contributed by atoms with van der Waals surface area (Å²) in [5.74, 6) is 0. The molecule has 4 heteroatoms. The Kier molecular flexibility index (Phi) is 3.96. The minimum Gasteiger partial charge on any atom is -0.352 e. The standard InChI is InChI=1S/C19H14N4/c20-10-14(11-21)19-17(12-22)15-8-4-5-9-16(15)18(23-19)13-6-2-1-3-7-13/h1-3,6-7,23H,4-5,8-9H2. The molecule has 3 rings (SSSR count). The van der Waals surface area contributed by atoms with Crippen LogP contribution in [-0.2, 0) is 0 Å². The zero-order valence-electron chi connectivity index (χ0n) is 12.6. The topological polar surface area (TPSA) is 83.4 Å². The second kappa shape index (κ2) is 6.22. The number of benzene rings is 1. The molecule has 4 nitrogen and oxygen atoms in total. The van der Waals surface area contributed by atoms with E-state index in [1.54, 1.807) is 0 Å². The lowest BCUT2D eigenvalue weighted by Crippen LogP contribution is -2.24. The Morgan fingerprint density at radius 1 is 0.913 bits per heavy atom. The summed E-state index contributed by atoms with van der Waals surface area (Å²) < 4.78 is 0. The Hall–Kier alpha value is -3.29. The van der Waals surface area contributed by atoms with Crippen LogP contribution in [0.2, 0.25) is 0 Å². The van der Waals surface area contributed by atoms with Crippen molar-refractivity contribution in [2.45, 2.75) is 25.7 Å². The van der Waals surface area contributed by atoms with Crippen LogP contribution in [0.5, 0.6) is 0 Å². The number of allylic oxidation sites excluding steroid dienone is 4. The molecular formula is C19H14N4. The number of nitriles is 3. The molecule has 0 unspecified atom stereocenters. The Morgan fingerprint density at radius 3 is 2.17 bits per heavy atom. The third-order valence-electron chi connectivity index (χ3n) is 4.22. The van der Waals surface area contributed by atoms with Crippen LogP contribution in [0.1, 0.15) is 31.2 Å². The summed E-state index contributed by atoms with van der Waals surface area (Å²) in [7, 11) is 0. The van der Waals surface area contributed by atoms with Gasteiger partial charge in [-0.25, -0.2) is 0 Å². The summed E-state index contributed by atoms with van der Waals surface area (Å²) in [4.78, 5) is 0. The van der Waals surface area contributed by atoms with Gasteiger partial charge in [0.15, 0.2) is 5.57 Å². The Labute approximate surface area is 135 Å². The second-order valence-corrected chi connectivity index (χ2v) is 5.49. The van der Waals surface area contributed by atoms with Gasteiger partial charge in [-0.15, -0.1) is 0 Å². The average Bonchev–Trinajstić information content (AvgIpc) is 2.62. The lowest BCUT2D eigenvalue weighted by molar-refractivity contribution is 0.669. The van der Waals surface area contributed by atoms with E-state index in [4.69, 9.17) is 0 Å². The van der Waals surface area contributed by atoms with Crippen molar-refractivity contribution in [3.8, 4) is 18.2 Å². The van der Waals surface area contributed by atoms with Gasteiger partial charge in [0.2, 0.25) is 0 Å². The van der Waals surface area contributed by atoms with Crippen LogP contribution in [0.4, 0.5) is 0 Å². The van der Waals surface area contributed by atoms with Crippen molar-refractivity contribution in [2.75, 3.05) is 0 Å². The first kappa shape index (κ1) is 14.6. The Balaban J connectivity index is 2.28. The number of hydrogen-bond acceptors (Lipinski definition) is 4. The van der Waals surface area contributed by atoms with Crippen molar-refractivity contribution >= 4 is 5.70 Å². The summed E-state index contributed by atoms with van der Waals surface area (Å²) in [5.41, 5.74) is 4.78. The Bertz CT molecular complexity index is 849. The summed E-state index contributed by atoms with van der Waals surface area (Å²) in [6.07, 6.45) is 3.81. The molecular weight excluding hydrogens is 284 g/mol. The van der Waals surface area contributed by atoms with Gasteiger partial charge < -0.3 is 5.32 Å². The van der Waals surface area contributed by atoms with E-state index in [0.717, 1.165) is 48.1 Å². The molecule has 23 heavy (non-hydrogen) atoms. The van der Waals surface area contributed by atoms with Crippen LogP contribution < -0.4 is 5.32 Å². The fourth-order valence-electron chi connectivity index (χ4n) is 3.17. The predicted molar refractivity (Wildman–Crippen MR) is 85.9 cm³/mol. The molecule has 2 aliphatic rings. The molecule has 0 saturated heterocycles. The minimum atomic E-state index is -0.0490. The molecule has 1 aromatic rings. The third-order valence-corrected chi connectivity index (χ3v) is 4.22. The van der Waals surface area contributed by atoms with Gasteiger partial charge >= 0.3 is 0 Å². The molecule has 0 radical (unpaired) electrons. The van der Waals surface area contributed by atoms with E-state index in [2.05, 4.69) is 11.4 Å². The smallest absolute Gasteiger partial charge is 0.154 e. The van der Waals surface area contributed by atoms with Gasteiger partial charge in [-0.2, -0.15) is 15.8 Å². The second-order valence-electron chi connectivity index (χ2n) is 5.49. The van der Waals surface area contributed by atoms with Crippen LogP contribution >= 0.6 is 0 Å². The van der Waals surface area contributed by atoms with E-state index >= 15 is 0 Å². The van der Waals surface area contributed by atoms with E-state index in [9.17, 15) is 15.8 Å². The first-order valence-corrected chi connectivity index (χ1v) is 7.54. The van der Waals surface area contributed by atoms with Crippen LogP contribution in [0.15, 0.2) is 58.3 Å². The van der Waals surface area contributed by atoms with Gasteiger partial charge in [0.1, 0.15) is 18.2 Å². The van der Waals surface area contributed by atoms with Gasteiger partial charge in [-0.3, -0.25) is 0 Å². The fourth-order valence-corrected chi connectivity index (χ4v) is 3.17. The molecule has 0 bridgehead atoms. The highest BCUT2D eigenvalue weighted by Crippen LogP contribution is 2.41. The zero-order valence-corrected chi connectivity index (χ0v) is 12.6. The highest BCUT2D eigenvalue weighted by Gasteiger charge is 2.29. The average molecular weight is 298 g/mol. The van der Waals surface area contributed by atoms with Crippen molar-refractivity contribution in [3.63, 3.8) is 0 Å². The van der Waals surface area contributed by atoms with E-state index in [1.165, 1.54) is 0 Å². The number of hydrogen-bond donors (Lipinski definition) is 1. The normalized spacial score (nSPS) is 16.7.